The van der Waals surface area contributed by atoms with E-state index in [2.05, 4.69) is 29.8 Å². The standard InChI is InChI=1S/C15H18N2S2/c1-3-11-6-7-19-14(11)9-17-12-4-5-13(15(16)18)10(2)8-12/h4-8,17H,3,9H2,1-2H3,(H2,16,18). The predicted octanol–water partition coefficient (Wildman–Crippen LogP) is 3.87. The Balaban J connectivity index is 2.08. The number of thiocarbonyl (C=S) groups is 1. The lowest BCUT2D eigenvalue weighted by atomic mass is 10.1. The summed E-state index contributed by atoms with van der Waals surface area (Å²) in [6.45, 7) is 5.08. The summed E-state index contributed by atoms with van der Waals surface area (Å²) in [7, 11) is 0. The molecule has 2 nitrogen and oxygen atoms in total. The van der Waals surface area contributed by atoms with Crippen molar-refractivity contribution in [2.45, 2.75) is 26.8 Å². The average Bonchev–Trinajstić information content (AvgIpc) is 2.83. The summed E-state index contributed by atoms with van der Waals surface area (Å²) >= 11 is 6.82. The van der Waals surface area contributed by atoms with Crippen molar-refractivity contribution in [3.05, 3.63) is 51.2 Å². The van der Waals surface area contributed by atoms with Gasteiger partial charge in [0.25, 0.3) is 0 Å². The van der Waals surface area contributed by atoms with Crippen LogP contribution in [0, 0.1) is 6.92 Å². The number of nitrogens with one attached hydrogen (secondary N) is 1. The molecule has 1 heterocycles. The fourth-order valence-electron chi connectivity index (χ4n) is 2.07. The molecule has 0 bridgehead atoms. The molecular formula is C15H18N2S2. The van der Waals surface area contributed by atoms with Crippen LogP contribution in [-0.4, -0.2) is 4.99 Å². The molecule has 0 aliphatic heterocycles. The van der Waals surface area contributed by atoms with Crippen LogP contribution in [-0.2, 0) is 13.0 Å². The van der Waals surface area contributed by atoms with Crippen molar-refractivity contribution in [1.29, 1.82) is 0 Å². The van der Waals surface area contributed by atoms with Crippen LogP contribution < -0.4 is 11.1 Å². The van der Waals surface area contributed by atoms with Gasteiger partial charge in [-0.1, -0.05) is 19.1 Å². The number of anilines is 1. The topological polar surface area (TPSA) is 38.0 Å². The second kappa shape index (κ2) is 6.17. The van der Waals surface area contributed by atoms with Crippen molar-refractivity contribution in [2.75, 3.05) is 5.32 Å². The molecule has 2 rings (SSSR count). The second-order valence-electron chi connectivity index (χ2n) is 4.47. The van der Waals surface area contributed by atoms with Gasteiger partial charge in [-0.15, -0.1) is 11.3 Å². The summed E-state index contributed by atoms with van der Waals surface area (Å²) in [5.74, 6) is 0. The Morgan fingerprint density at radius 3 is 2.79 bits per heavy atom. The van der Waals surface area contributed by atoms with Crippen molar-refractivity contribution in [3.8, 4) is 0 Å². The molecule has 0 radical (unpaired) electrons. The van der Waals surface area contributed by atoms with E-state index in [0.29, 0.717) is 4.99 Å². The molecule has 0 amide bonds. The smallest absolute Gasteiger partial charge is 0.104 e. The first-order chi connectivity index (χ1) is 9.11. The lowest BCUT2D eigenvalue weighted by Crippen LogP contribution is -2.11. The molecule has 0 unspecified atom stereocenters. The van der Waals surface area contributed by atoms with E-state index >= 15 is 0 Å². The zero-order valence-electron chi connectivity index (χ0n) is 11.2. The van der Waals surface area contributed by atoms with Crippen LogP contribution in [0.15, 0.2) is 29.6 Å². The van der Waals surface area contributed by atoms with Crippen molar-refractivity contribution < 1.29 is 0 Å². The molecule has 0 aliphatic rings. The quantitative estimate of drug-likeness (QED) is 0.821. The minimum absolute atomic E-state index is 0.454. The molecule has 0 spiro atoms. The molecule has 0 saturated heterocycles. The average molecular weight is 290 g/mol. The monoisotopic (exact) mass is 290 g/mol. The largest absolute Gasteiger partial charge is 0.389 e. The first kappa shape index (κ1) is 14.0. The highest BCUT2D eigenvalue weighted by molar-refractivity contribution is 7.80. The van der Waals surface area contributed by atoms with Crippen LogP contribution in [0.4, 0.5) is 5.69 Å². The van der Waals surface area contributed by atoms with E-state index in [-0.39, 0.29) is 0 Å². The molecule has 4 heteroatoms. The summed E-state index contributed by atoms with van der Waals surface area (Å²) in [6, 6.07) is 8.30. The summed E-state index contributed by atoms with van der Waals surface area (Å²) in [6.07, 6.45) is 1.08. The number of hydrogen-bond donors (Lipinski definition) is 2. The summed E-state index contributed by atoms with van der Waals surface area (Å²) in [5.41, 5.74) is 10.3. The number of rotatable bonds is 5. The van der Waals surface area contributed by atoms with Crippen molar-refractivity contribution in [3.63, 3.8) is 0 Å². The molecule has 0 aliphatic carbocycles. The van der Waals surface area contributed by atoms with Gasteiger partial charge in [-0.25, -0.2) is 0 Å². The fourth-order valence-corrected chi connectivity index (χ4v) is 3.21. The Labute approximate surface area is 123 Å². The maximum atomic E-state index is 5.67. The number of benzene rings is 1. The highest BCUT2D eigenvalue weighted by atomic mass is 32.1. The second-order valence-corrected chi connectivity index (χ2v) is 5.91. The van der Waals surface area contributed by atoms with Gasteiger partial charge in [0.15, 0.2) is 0 Å². The molecule has 0 fully saturated rings. The summed E-state index contributed by atoms with van der Waals surface area (Å²) < 4.78 is 0. The van der Waals surface area contributed by atoms with E-state index in [1.54, 1.807) is 11.3 Å². The van der Waals surface area contributed by atoms with Crippen molar-refractivity contribution in [1.82, 2.24) is 0 Å². The van der Waals surface area contributed by atoms with E-state index in [1.807, 2.05) is 19.1 Å². The van der Waals surface area contributed by atoms with E-state index in [9.17, 15) is 0 Å². The van der Waals surface area contributed by atoms with Crippen LogP contribution in [0.5, 0.6) is 0 Å². The van der Waals surface area contributed by atoms with E-state index in [0.717, 1.165) is 29.8 Å². The van der Waals surface area contributed by atoms with Gasteiger partial charge in [0.05, 0.1) is 0 Å². The van der Waals surface area contributed by atoms with Gasteiger partial charge in [0.1, 0.15) is 4.99 Å². The van der Waals surface area contributed by atoms with Crippen LogP contribution in [0.2, 0.25) is 0 Å². The molecule has 19 heavy (non-hydrogen) atoms. The molecule has 0 saturated carbocycles. The number of aryl methyl sites for hydroxylation is 2. The zero-order chi connectivity index (χ0) is 13.8. The minimum Gasteiger partial charge on any atom is -0.389 e. The van der Waals surface area contributed by atoms with Gasteiger partial charge in [-0.2, -0.15) is 0 Å². The van der Waals surface area contributed by atoms with Crippen LogP contribution in [0.3, 0.4) is 0 Å². The Morgan fingerprint density at radius 1 is 1.37 bits per heavy atom. The molecule has 3 N–H and O–H groups in total. The fraction of sp³-hybridized carbons (Fsp3) is 0.267. The Bertz CT molecular complexity index is 588. The van der Waals surface area contributed by atoms with Crippen LogP contribution in [0.25, 0.3) is 0 Å². The zero-order valence-corrected chi connectivity index (χ0v) is 12.8. The minimum atomic E-state index is 0.454. The van der Waals surface area contributed by atoms with Gasteiger partial charge in [-0.05, 0) is 54.1 Å². The van der Waals surface area contributed by atoms with E-state index < -0.39 is 0 Å². The van der Waals surface area contributed by atoms with Crippen molar-refractivity contribution in [2.24, 2.45) is 5.73 Å². The van der Waals surface area contributed by atoms with Crippen molar-refractivity contribution >= 4 is 34.2 Å². The first-order valence-electron chi connectivity index (χ1n) is 6.31. The Hall–Kier alpha value is -1.39. The molecule has 1 aromatic carbocycles. The third kappa shape index (κ3) is 3.33. The lowest BCUT2D eigenvalue weighted by molar-refractivity contribution is 1.08. The highest BCUT2D eigenvalue weighted by Gasteiger charge is 2.04. The predicted molar refractivity (Wildman–Crippen MR) is 88.1 cm³/mol. The van der Waals surface area contributed by atoms with Crippen LogP contribution >= 0.6 is 23.6 Å². The maximum Gasteiger partial charge on any atom is 0.104 e. The SMILES string of the molecule is CCc1ccsc1CNc1ccc(C(N)=S)c(C)c1. The highest BCUT2D eigenvalue weighted by Crippen LogP contribution is 2.20. The number of nitrogens with two attached hydrogens (primary N) is 1. The summed E-state index contributed by atoms with van der Waals surface area (Å²) in [5, 5.41) is 5.60. The molecule has 1 aromatic heterocycles. The van der Waals surface area contributed by atoms with Gasteiger partial charge in [0.2, 0.25) is 0 Å². The first-order valence-corrected chi connectivity index (χ1v) is 7.60. The van der Waals surface area contributed by atoms with E-state index in [1.165, 1.54) is 10.4 Å². The molecule has 100 valence electrons. The van der Waals surface area contributed by atoms with Crippen LogP contribution in [0.1, 0.15) is 28.5 Å². The third-order valence-electron chi connectivity index (χ3n) is 3.16. The van der Waals surface area contributed by atoms with Gasteiger partial charge in [0, 0.05) is 22.7 Å². The Morgan fingerprint density at radius 2 is 2.16 bits per heavy atom. The third-order valence-corrected chi connectivity index (χ3v) is 4.35. The maximum absolute atomic E-state index is 5.67. The number of hydrogen-bond acceptors (Lipinski definition) is 3. The van der Waals surface area contributed by atoms with Gasteiger partial charge in [-0.3, -0.25) is 0 Å². The summed E-state index contributed by atoms with van der Waals surface area (Å²) in [4.78, 5) is 1.86. The van der Waals surface area contributed by atoms with E-state index in [4.69, 9.17) is 18.0 Å². The molecule has 0 atom stereocenters. The lowest BCUT2D eigenvalue weighted by Gasteiger charge is -2.10. The molecule has 2 aromatic rings. The van der Waals surface area contributed by atoms with Gasteiger partial charge >= 0.3 is 0 Å². The number of thiophene rings is 1. The Kier molecular flexibility index (Phi) is 4.56. The van der Waals surface area contributed by atoms with Gasteiger partial charge < -0.3 is 11.1 Å². The normalized spacial score (nSPS) is 10.4. The molecular weight excluding hydrogens is 272 g/mol.